The number of ether oxygens (including phenoxy) is 2. The van der Waals surface area contributed by atoms with Gasteiger partial charge < -0.3 is 39.9 Å². The van der Waals surface area contributed by atoms with Crippen LogP contribution >= 0.6 is 0 Å². The Morgan fingerprint density at radius 2 is 1.39 bits per heavy atom. The van der Waals surface area contributed by atoms with E-state index in [0.717, 1.165) is 53.3 Å². The zero-order chi connectivity index (χ0) is 40.1. The monoisotopic (exact) mass is 770 g/mol. The molecular formula is C43H46N8O6. The highest BCUT2D eigenvalue weighted by atomic mass is 16.5. The van der Waals surface area contributed by atoms with Crippen LogP contribution in [-0.4, -0.2) is 87.1 Å². The van der Waals surface area contributed by atoms with Crippen molar-refractivity contribution in [3.63, 3.8) is 0 Å². The zero-order valence-electron chi connectivity index (χ0n) is 32.4. The van der Waals surface area contributed by atoms with Crippen molar-refractivity contribution in [1.82, 2.24) is 40.4 Å². The van der Waals surface area contributed by atoms with Gasteiger partial charge in [0.2, 0.25) is 5.91 Å². The van der Waals surface area contributed by atoms with Gasteiger partial charge in [-0.2, -0.15) is 0 Å². The fraction of sp³-hybridized carbons (Fsp3) is 0.349. The number of nitrogens with one attached hydrogen (secondary N) is 4. The number of hydrogen-bond donors (Lipinski definition) is 4. The second-order valence-electron chi connectivity index (χ2n) is 14.6. The van der Waals surface area contributed by atoms with Crippen LogP contribution in [0, 0.1) is 17.8 Å². The number of nitrogens with zero attached hydrogens (tertiary/aromatic N) is 4. The van der Waals surface area contributed by atoms with Crippen LogP contribution < -0.4 is 10.6 Å². The Kier molecular flexibility index (Phi) is 11.5. The van der Waals surface area contributed by atoms with Crippen molar-refractivity contribution in [2.75, 3.05) is 27.3 Å². The maximum atomic E-state index is 13.8. The van der Waals surface area contributed by atoms with Crippen LogP contribution in [0.5, 0.6) is 0 Å². The first-order valence-electron chi connectivity index (χ1n) is 19.1. The molecule has 3 aromatic carbocycles. The van der Waals surface area contributed by atoms with E-state index < -0.39 is 24.3 Å². The number of fused-ring (bicyclic) bond motifs is 1. The molecule has 2 fully saturated rings. The first kappa shape index (κ1) is 38.6. The van der Waals surface area contributed by atoms with Crippen molar-refractivity contribution in [3.05, 3.63) is 108 Å². The van der Waals surface area contributed by atoms with E-state index in [1.807, 2.05) is 62.4 Å². The van der Waals surface area contributed by atoms with Gasteiger partial charge in [-0.25, -0.2) is 19.6 Å². The lowest BCUT2D eigenvalue weighted by molar-refractivity contribution is -0.135. The lowest BCUT2D eigenvalue weighted by Crippen LogP contribution is -2.51. The third-order valence-corrected chi connectivity index (χ3v) is 10.6. The Morgan fingerprint density at radius 3 is 2.09 bits per heavy atom. The molecule has 57 heavy (non-hydrogen) atoms. The van der Waals surface area contributed by atoms with E-state index in [1.165, 1.54) is 14.2 Å². The number of benzene rings is 3. The molecule has 2 aliphatic rings. The third-order valence-electron chi connectivity index (χ3n) is 10.6. The molecule has 2 aromatic heterocycles. The molecule has 0 saturated carbocycles. The van der Waals surface area contributed by atoms with Crippen molar-refractivity contribution in [2.45, 2.75) is 63.7 Å². The van der Waals surface area contributed by atoms with E-state index in [-0.39, 0.29) is 29.8 Å². The summed E-state index contributed by atoms with van der Waals surface area (Å²) in [6, 6.07) is 19.2. The van der Waals surface area contributed by atoms with Gasteiger partial charge in [0.05, 0.1) is 44.4 Å². The normalized spacial score (nSPS) is 17.5. The quantitative estimate of drug-likeness (QED) is 0.129. The Labute approximate surface area is 330 Å². The second kappa shape index (κ2) is 17.0. The fourth-order valence-electron chi connectivity index (χ4n) is 7.64. The van der Waals surface area contributed by atoms with Crippen LogP contribution in [0.1, 0.15) is 86.1 Å². The summed E-state index contributed by atoms with van der Waals surface area (Å²) in [6.45, 7) is 4.91. The highest BCUT2D eigenvalue weighted by molar-refractivity contribution is 5.89. The average Bonchev–Trinajstić information content (AvgIpc) is 4.07. The van der Waals surface area contributed by atoms with Gasteiger partial charge in [-0.15, -0.1) is 0 Å². The van der Waals surface area contributed by atoms with E-state index in [2.05, 4.69) is 48.5 Å². The molecule has 0 aliphatic carbocycles. The van der Waals surface area contributed by atoms with Crippen LogP contribution in [-0.2, 0) is 19.1 Å². The number of rotatable bonds is 9. The molecule has 0 spiro atoms. The minimum absolute atomic E-state index is 0.113. The van der Waals surface area contributed by atoms with Gasteiger partial charge >= 0.3 is 12.2 Å². The predicted octanol–water partition coefficient (Wildman–Crippen LogP) is 6.16. The van der Waals surface area contributed by atoms with Crippen LogP contribution in [0.3, 0.4) is 0 Å². The molecule has 4 amide bonds. The lowest BCUT2D eigenvalue weighted by atomic mass is 10.0. The smallest absolute Gasteiger partial charge is 0.407 e. The first-order chi connectivity index (χ1) is 27.6. The van der Waals surface area contributed by atoms with Gasteiger partial charge in [-0.3, -0.25) is 9.59 Å². The highest BCUT2D eigenvalue weighted by Crippen LogP contribution is 2.35. The summed E-state index contributed by atoms with van der Waals surface area (Å²) in [7, 11) is 2.56. The highest BCUT2D eigenvalue weighted by Gasteiger charge is 2.38. The fourth-order valence-corrected chi connectivity index (χ4v) is 7.64. The number of likely N-dealkylation sites (tertiary alicyclic amines) is 2. The minimum atomic E-state index is -0.892. The van der Waals surface area contributed by atoms with Gasteiger partial charge in [0.25, 0.3) is 5.91 Å². The standard InChI is InChI=1S/C43H46N8O6/c1-26(2)36(48-42(54)56-3)40(52)50-20-9-13-35(50)39-45-25-33(47-39)31-18-17-29-22-27(14-16-30(29)23-31)15-19-32-24-44-38(46-32)34-12-8-21-51(34)41(53)37(49-43(55)57-4)28-10-6-5-7-11-28/h5-7,10-11,14,16-18,22-26,34-37H,8-9,12-13,20-21H2,1-4H3,(H,44,46)(H,45,47)(H,48,54)(H,49,55)/t34-,35-,36-,37+/m0/s1. The summed E-state index contributed by atoms with van der Waals surface area (Å²) < 4.78 is 9.56. The van der Waals surface area contributed by atoms with Crippen molar-refractivity contribution in [3.8, 4) is 23.1 Å². The number of hydrogen-bond acceptors (Lipinski definition) is 8. The average molecular weight is 771 g/mol. The molecule has 5 aromatic rings. The summed E-state index contributed by atoms with van der Waals surface area (Å²) >= 11 is 0. The Bertz CT molecular complexity index is 2330. The van der Waals surface area contributed by atoms with E-state index in [4.69, 9.17) is 9.47 Å². The summed E-state index contributed by atoms with van der Waals surface area (Å²) in [6.07, 6.45) is 5.30. The molecule has 294 valence electrons. The van der Waals surface area contributed by atoms with E-state index in [9.17, 15) is 19.2 Å². The number of methoxy groups -OCH3 is 2. The molecule has 0 unspecified atom stereocenters. The Hall–Kier alpha value is -6.62. The molecule has 14 nitrogen and oxygen atoms in total. The number of aromatic amines is 2. The second-order valence-corrected chi connectivity index (χ2v) is 14.6. The summed E-state index contributed by atoms with van der Waals surface area (Å²) in [4.78, 5) is 71.1. The molecule has 0 radical (unpaired) electrons. The molecule has 2 saturated heterocycles. The van der Waals surface area contributed by atoms with Gasteiger partial charge in [0, 0.05) is 24.2 Å². The van der Waals surface area contributed by atoms with E-state index in [0.29, 0.717) is 36.0 Å². The molecule has 4 N–H and O–H groups in total. The first-order valence-corrected chi connectivity index (χ1v) is 19.1. The van der Waals surface area contributed by atoms with Crippen molar-refractivity contribution in [1.29, 1.82) is 0 Å². The van der Waals surface area contributed by atoms with Crippen LogP contribution in [0.4, 0.5) is 9.59 Å². The number of imidazole rings is 2. The molecule has 4 heterocycles. The Morgan fingerprint density at radius 1 is 0.754 bits per heavy atom. The van der Waals surface area contributed by atoms with Crippen LogP contribution in [0.2, 0.25) is 0 Å². The van der Waals surface area contributed by atoms with E-state index >= 15 is 0 Å². The Balaban J connectivity index is 1.03. The number of carbonyl (C=O) groups excluding carboxylic acids is 4. The van der Waals surface area contributed by atoms with Crippen molar-refractivity contribution >= 4 is 34.8 Å². The molecule has 2 aliphatic heterocycles. The summed E-state index contributed by atoms with van der Waals surface area (Å²) in [5, 5.41) is 7.44. The largest absolute Gasteiger partial charge is 0.453 e. The van der Waals surface area contributed by atoms with Gasteiger partial charge in [-0.1, -0.05) is 68.3 Å². The molecule has 4 atom stereocenters. The number of aromatic nitrogens is 4. The molecule has 14 heteroatoms. The SMILES string of the molecule is COC(=O)N[C@H](C(=O)N1CCC[C@H]1c1ncc(-c2ccc3cc(C#Cc4cnc([C@@H]5CCCN5C(=O)[C@H](NC(=O)OC)c5ccccc5)[nH]4)ccc3c2)[nH]1)C(C)C. The number of carbonyl (C=O) groups is 4. The van der Waals surface area contributed by atoms with Gasteiger partial charge in [-0.05, 0) is 72.1 Å². The van der Waals surface area contributed by atoms with Gasteiger partial charge in [0.1, 0.15) is 29.4 Å². The third kappa shape index (κ3) is 8.47. The number of amides is 4. The number of H-pyrrole nitrogens is 2. The van der Waals surface area contributed by atoms with Crippen LogP contribution in [0.15, 0.2) is 79.1 Å². The van der Waals surface area contributed by atoms with Crippen LogP contribution in [0.25, 0.3) is 22.0 Å². The molecular weight excluding hydrogens is 725 g/mol. The summed E-state index contributed by atoms with van der Waals surface area (Å²) in [5.74, 6) is 7.29. The molecule has 7 rings (SSSR count). The topological polar surface area (TPSA) is 175 Å². The summed E-state index contributed by atoms with van der Waals surface area (Å²) in [5.41, 5.74) is 3.93. The van der Waals surface area contributed by atoms with Crippen molar-refractivity contribution < 1.29 is 28.7 Å². The maximum absolute atomic E-state index is 13.8. The lowest BCUT2D eigenvalue weighted by Gasteiger charge is -2.30. The van der Waals surface area contributed by atoms with E-state index in [1.54, 1.807) is 34.3 Å². The molecule has 0 bridgehead atoms. The zero-order valence-corrected chi connectivity index (χ0v) is 32.4. The van der Waals surface area contributed by atoms with Gasteiger partial charge in [0.15, 0.2) is 0 Å². The minimum Gasteiger partial charge on any atom is -0.453 e. The predicted molar refractivity (Wildman–Crippen MR) is 212 cm³/mol. The maximum Gasteiger partial charge on any atom is 0.407 e. The number of alkyl carbamates (subject to hydrolysis) is 2. The van der Waals surface area contributed by atoms with Crippen molar-refractivity contribution in [2.24, 2.45) is 5.92 Å².